The first-order valence-electron chi connectivity index (χ1n) is 4.62. The van der Waals surface area contributed by atoms with Gasteiger partial charge in [-0.3, -0.25) is 0 Å². The van der Waals surface area contributed by atoms with Gasteiger partial charge in [0.05, 0.1) is 21.3 Å². The summed E-state index contributed by atoms with van der Waals surface area (Å²) in [4.78, 5) is 22.4. The van der Waals surface area contributed by atoms with Crippen LogP contribution in [0, 0.1) is 0 Å². The third-order valence-corrected chi connectivity index (χ3v) is 2.16. The molecule has 0 aromatic heterocycles. The molecule has 0 aliphatic heterocycles. The number of hydrogen-bond acceptors (Lipinski definition) is 5. The van der Waals surface area contributed by atoms with Crippen molar-refractivity contribution in [3.8, 4) is 11.5 Å². The third kappa shape index (κ3) is 2.47. The number of carbonyl (C=O) groups excluding carboxylic acids is 1. The number of methoxy groups -OCH3 is 3. The van der Waals surface area contributed by atoms with Crippen molar-refractivity contribution in [1.82, 2.24) is 0 Å². The van der Waals surface area contributed by atoms with Gasteiger partial charge in [0, 0.05) is 6.07 Å². The minimum Gasteiger partial charge on any atom is -0.496 e. The molecular formula is C11H12O6. The number of benzene rings is 1. The molecule has 1 aromatic carbocycles. The van der Waals surface area contributed by atoms with Crippen LogP contribution in [0.25, 0.3) is 0 Å². The minimum absolute atomic E-state index is 0.0354. The van der Waals surface area contributed by atoms with Gasteiger partial charge in [0.15, 0.2) is 0 Å². The third-order valence-electron chi connectivity index (χ3n) is 2.16. The molecule has 0 saturated carbocycles. The molecule has 6 nitrogen and oxygen atoms in total. The molecule has 0 spiro atoms. The molecule has 6 heteroatoms. The van der Waals surface area contributed by atoms with Gasteiger partial charge in [-0.05, 0) is 6.07 Å². The molecule has 0 aliphatic rings. The van der Waals surface area contributed by atoms with Gasteiger partial charge in [0.2, 0.25) is 0 Å². The first-order valence-corrected chi connectivity index (χ1v) is 4.62. The zero-order chi connectivity index (χ0) is 13.0. The molecule has 0 amide bonds. The Bertz CT molecular complexity index is 452. The van der Waals surface area contributed by atoms with Crippen molar-refractivity contribution >= 4 is 11.9 Å². The van der Waals surface area contributed by atoms with Crippen LogP contribution in [0.4, 0.5) is 0 Å². The van der Waals surface area contributed by atoms with Crippen LogP contribution >= 0.6 is 0 Å². The Balaban J connectivity index is 3.44. The van der Waals surface area contributed by atoms with Gasteiger partial charge in [-0.1, -0.05) is 0 Å². The zero-order valence-electron chi connectivity index (χ0n) is 9.64. The van der Waals surface area contributed by atoms with E-state index in [0.29, 0.717) is 0 Å². The van der Waals surface area contributed by atoms with Crippen LogP contribution in [0.5, 0.6) is 11.5 Å². The van der Waals surface area contributed by atoms with Crippen LogP contribution in [0.2, 0.25) is 0 Å². The van der Waals surface area contributed by atoms with Gasteiger partial charge in [-0.25, -0.2) is 9.59 Å². The van der Waals surface area contributed by atoms with Crippen molar-refractivity contribution < 1.29 is 28.9 Å². The van der Waals surface area contributed by atoms with E-state index in [0.717, 1.165) is 6.07 Å². The summed E-state index contributed by atoms with van der Waals surface area (Å²) in [5.41, 5.74) is -0.0955. The highest BCUT2D eigenvalue weighted by Gasteiger charge is 2.20. The number of carboxylic acids is 1. The Morgan fingerprint density at radius 2 is 1.53 bits per heavy atom. The monoisotopic (exact) mass is 240 g/mol. The highest BCUT2D eigenvalue weighted by Crippen LogP contribution is 2.29. The van der Waals surface area contributed by atoms with E-state index in [1.807, 2.05) is 0 Å². The minimum atomic E-state index is -1.20. The summed E-state index contributed by atoms with van der Waals surface area (Å²) in [6.45, 7) is 0. The molecule has 0 bridgehead atoms. The summed E-state index contributed by atoms with van der Waals surface area (Å²) in [6.07, 6.45) is 0. The molecular weight excluding hydrogens is 228 g/mol. The number of ether oxygens (including phenoxy) is 3. The highest BCUT2D eigenvalue weighted by molar-refractivity contribution is 5.98. The second-order valence-electron chi connectivity index (χ2n) is 3.05. The summed E-state index contributed by atoms with van der Waals surface area (Å²) in [6, 6.07) is 2.49. The van der Waals surface area contributed by atoms with E-state index in [1.54, 1.807) is 0 Å². The summed E-state index contributed by atoms with van der Waals surface area (Å²) >= 11 is 0. The van der Waals surface area contributed by atoms with Gasteiger partial charge in [0.25, 0.3) is 0 Å². The second-order valence-corrected chi connectivity index (χ2v) is 3.05. The molecule has 1 aromatic rings. The Morgan fingerprint density at radius 3 is 1.94 bits per heavy atom. The molecule has 92 valence electrons. The summed E-state index contributed by atoms with van der Waals surface area (Å²) in [5.74, 6) is -1.57. The van der Waals surface area contributed by atoms with E-state index >= 15 is 0 Å². The molecule has 0 heterocycles. The molecule has 0 saturated heterocycles. The van der Waals surface area contributed by atoms with Crippen molar-refractivity contribution in [1.29, 1.82) is 0 Å². The summed E-state index contributed by atoms with van der Waals surface area (Å²) in [5, 5.41) is 8.97. The van der Waals surface area contributed by atoms with Gasteiger partial charge in [-0.15, -0.1) is 0 Å². The van der Waals surface area contributed by atoms with Crippen molar-refractivity contribution in [2.75, 3.05) is 21.3 Å². The lowest BCUT2D eigenvalue weighted by Crippen LogP contribution is -2.08. The summed E-state index contributed by atoms with van der Waals surface area (Å²) in [7, 11) is 3.90. The lowest BCUT2D eigenvalue weighted by molar-refractivity contribution is 0.0597. The maximum Gasteiger partial charge on any atom is 0.341 e. The van der Waals surface area contributed by atoms with E-state index < -0.39 is 11.9 Å². The topological polar surface area (TPSA) is 82.1 Å². The van der Waals surface area contributed by atoms with Crippen LogP contribution < -0.4 is 9.47 Å². The number of hydrogen-bond donors (Lipinski definition) is 1. The molecule has 0 aliphatic carbocycles. The van der Waals surface area contributed by atoms with Crippen LogP contribution in [0.3, 0.4) is 0 Å². The lowest BCUT2D eigenvalue weighted by Gasteiger charge is -2.11. The predicted octanol–water partition coefficient (Wildman–Crippen LogP) is 1.19. The van der Waals surface area contributed by atoms with Gasteiger partial charge in [-0.2, -0.15) is 0 Å². The number of carbonyl (C=O) groups is 2. The highest BCUT2D eigenvalue weighted by atomic mass is 16.5. The van der Waals surface area contributed by atoms with Crippen LogP contribution in [0.15, 0.2) is 12.1 Å². The molecule has 1 rings (SSSR count). The van der Waals surface area contributed by atoms with Crippen molar-refractivity contribution in [2.45, 2.75) is 0 Å². The fourth-order valence-corrected chi connectivity index (χ4v) is 1.34. The molecule has 17 heavy (non-hydrogen) atoms. The average molecular weight is 240 g/mol. The smallest absolute Gasteiger partial charge is 0.341 e. The average Bonchev–Trinajstić information content (AvgIpc) is 2.35. The van der Waals surface area contributed by atoms with E-state index in [9.17, 15) is 9.59 Å². The summed E-state index contributed by atoms with van der Waals surface area (Å²) < 4.78 is 14.4. The van der Waals surface area contributed by atoms with Gasteiger partial charge < -0.3 is 19.3 Å². The Labute approximate surface area is 97.7 Å². The van der Waals surface area contributed by atoms with E-state index in [4.69, 9.17) is 14.6 Å². The number of esters is 1. The first kappa shape index (κ1) is 12.8. The number of aromatic carboxylic acids is 1. The molecule has 0 unspecified atom stereocenters. The maximum absolute atomic E-state index is 11.4. The first-order chi connectivity index (χ1) is 8.04. The van der Waals surface area contributed by atoms with Gasteiger partial charge >= 0.3 is 11.9 Å². The quantitative estimate of drug-likeness (QED) is 0.796. The zero-order valence-corrected chi connectivity index (χ0v) is 9.64. The van der Waals surface area contributed by atoms with Crippen molar-refractivity contribution in [3.05, 3.63) is 23.3 Å². The molecule has 1 N–H and O–H groups in total. The molecule has 0 fully saturated rings. The van der Waals surface area contributed by atoms with E-state index in [-0.39, 0.29) is 22.6 Å². The maximum atomic E-state index is 11.4. The largest absolute Gasteiger partial charge is 0.496 e. The SMILES string of the molecule is COC(=O)c1cc(C(=O)O)c(OC)cc1OC. The molecule has 0 atom stereocenters. The Kier molecular flexibility index (Phi) is 3.92. The van der Waals surface area contributed by atoms with Crippen molar-refractivity contribution in [2.24, 2.45) is 0 Å². The van der Waals surface area contributed by atoms with Crippen LogP contribution in [-0.2, 0) is 4.74 Å². The lowest BCUT2D eigenvalue weighted by atomic mass is 10.1. The van der Waals surface area contributed by atoms with E-state index in [2.05, 4.69) is 4.74 Å². The van der Waals surface area contributed by atoms with E-state index in [1.165, 1.54) is 27.4 Å². The fourth-order valence-electron chi connectivity index (χ4n) is 1.34. The normalized spacial score (nSPS) is 9.59. The Hall–Kier alpha value is -2.24. The predicted molar refractivity (Wildman–Crippen MR) is 57.8 cm³/mol. The Morgan fingerprint density at radius 1 is 1.00 bits per heavy atom. The fraction of sp³-hybridized carbons (Fsp3) is 0.273. The number of carboxylic acid groups (broad SMARTS) is 1. The van der Waals surface area contributed by atoms with Crippen LogP contribution in [-0.4, -0.2) is 38.4 Å². The van der Waals surface area contributed by atoms with Gasteiger partial charge in [0.1, 0.15) is 22.6 Å². The second kappa shape index (κ2) is 5.20. The van der Waals surface area contributed by atoms with Crippen molar-refractivity contribution in [3.63, 3.8) is 0 Å². The molecule has 0 radical (unpaired) electrons. The van der Waals surface area contributed by atoms with Crippen LogP contribution in [0.1, 0.15) is 20.7 Å². The number of rotatable bonds is 4. The standard InChI is InChI=1S/C11H12O6/c1-15-8-5-9(16-2)7(11(14)17-3)4-6(8)10(12)13/h4-5H,1-3H3,(H,12,13).